The summed E-state index contributed by atoms with van der Waals surface area (Å²) in [6, 6.07) is 9.13. The first-order valence-corrected chi connectivity index (χ1v) is 5.55. The third kappa shape index (κ3) is 20.7. The Morgan fingerprint density at radius 1 is 1.11 bits per heavy atom. The Morgan fingerprint density at radius 3 is 1.78 bits per heavy atom. The zero-order chi connectivity index (χ0) is 12.8. The Balaban J connectivity index is -0.000000107. The molecule has 1 N–H and O–H groups in total. The van der Waals surface area contributed by atoms with E-state index in [-0.39, 0.29) is 34.9 Å². The maximum absolute atomic E-state index is 10.2. The van der Waals surface area contributed by atoms with Gasteiger partial charge in [-0.3, -0.25) is 4.79 Å². The number of hydrogen-bond donors (Lipinski definition) is 1. The minimum atomic E-state index is -0.786. The van der Waals surface area contributed by atoms with Gasteiger partial charge < -0.3 is 26.4 Å². The fourth-order valence-electron chi connectivity index (χ4n) is 0.770. The summed E-state index contributed by atoms with van der Waals surface area (Å²) in [4.78, 5) is 10.2. The van der Waals surface area contributed by atoms with Crippen molar-refractivity contribution in [3.8, 4) is 0 Å². The Kier molecular flexibility index (Phi) is 31.3. The molecule has 0 heterocycles. The molecule has 0 spiro atoms. The summed E-state index contributed by atoms with van der Waals surface area (Å²) < 4.78 is 0. The summed E-state index contributed by atoms with van der Waals surface area (Å²) in [6.45, 7) is 11.1. The van der Waals surface area contributed by atoms with Crippen LogP contribution in [0.15, 0.2) is 30.3 Å². The van der Waals surface area contributed by atoms with E-state index in [0.29, 0.717) is 0 Å². The molecular formula is C15H25O2W-3. The van der Waals surface area contributed by atoms with Gasteiger partial charge in [-0.25, -0.2) is 12.8 Å². The number of aliphatic carboxylic acids is 1. The molecular weight excluding hydrogens is 396 g/mol. The van der Waals surface area contributed by atoms with Crippen LogP contribution in [0, 0.1) is 21.3 Å². The largest absolute Gasteiger partial charge is 0.481 e. The van der Waals surface area contributed by atoms with Crippen LogP contribution in [0.3, 0.4) is 0 Å². The molecule has 0 aliphatic carbocycles. The fourth-order valence-corrected chi connectivity index (χ4v) is 0.770. The van der Waals surface area contributed by atoms with Crippen molar-refractivity contribution in [1.29, 1.82) is 0 Å². The van der Waals surface area contributed by atoms with Gasteiger partial charge in [0.05, 0.1) is 6.42 Å². The van der Waals surface area contributed by atoms with Crippen molar-refractivity contribution < 1.29 is 31.0 Å². The van der Waals surface area contributed by atoms with Crippen molar-refractivity contribution in [3.63, 3.8) is 0 Å². The van der Waals surface area contributed by atoms with Crippen LogP contribution in [0.4, 0.5) is 0 Å². The standard InChI is InChI=1S/C8H8O2.C4H8.C2H6.CH3.W/c9-8(10)6-7-4-2-1-3-5-7;1-3-4-2;1-2;;/h1-5H,6H2,(H,9,10);1-4H2;1-2H3;1H3;/q;-2;;-1;. The number of benzene rings is 1. The Hall–Kier alpha value is -0.622. The van der Waals surface area contributed by atoms with E-state index in [9.17, 15) is 4.79 Å². The van der Waals surface area contributed by atoms with E-state index >= 15 is 0 Å². The van der Waals surface area contributed by atoms with Crippen molar-refractivity contribution in [2.45, 2.75) is 33.1 Å². The van der Waals surface area contributed by atoms with E-state index in [1.54, 1.807) is 12.1 Å². The van der Waals surface area contributed by atoms with Crippen molar-refractivity contribution in [3.05, 3.63) is 57.2 Å². The van der Waals surface area contributed by atoms with Crippen molar-refractivity contribution in [2.75, 3.05) is 0 Å². The van der Waals surface area contributed by atoms with E-state index in [1.165, 1.54) is 0 Å². The predicted octanol–water partition coefficient (Wildman–Crippen LogP) is 4.22. The summed E-state index contributed by atoms with van der Waals surface area (Å²) >= 11 is 0. The molecule has 18 heavy (non-hydrogen) atoms. The first kappa shape index (κ1) is 26.0. The van der Waals surface area contributed by atoms with E-state index in [2.05, 4.69) is 13.8 Å². The maximum atomic E-state index is 10.2. The molecule has 0 saturated heterocycles. The van der Waals surface area contributed by atoms with E-state index < -0.39 is 5.97 Å². The minimum Gasteiger partial charge on any atom is -0.481 e. The normalized spacial score (nSPS) is 7.11. The van der Waals surface area contributed by atoms with Gasteiger partial charge in [0.2, 0.25) is 0 Å². The van der Waals surface area contributed by atoms with E-state index in [1.807, 2.05) is 32.0 Å². The number of rotatable bonds is 3. The second kappa shape index (κ2) is 21.6. The quantitative estimate of drug-likeness (QED) is 0.743. The van der Waals surface area contributed by atoms with Gasteiger partial charge in [0.15, 0.2) is 0 Å². The Morgan fingerprint density at radius 2 is 1.50 bits per heavy atom. The van der Waals surface area contributed by atoms with Crippen LogP contribution in [0.25, 0.3) is 0 Å². The molecule has 1 aromatic carbocycles. The van der Waals surface area contributed by atoms with Crippen molar-refractivity contribution >= 4 is 5.97 Å². The number of carboxylic acid groups (broad SMARTS) is 1. The average molecular weight is 421 g/mol. The summed E-state index contributed by atoms with van der Waals surface area (Å²) in [5.74, 6) is -0.786. The Bertz CT molecular complexity index is 246. The number of carbonyl (C=O) groups is 1. The summed E-state index contributed by atoms with van der Waals surface area (Å²) in [7, 11) is 0. The van der Waals surface area contributed by atoms with E-state index in [0.717, 1.165) is 18.4 Å². The van der Waals surface area contributed by atoms with Crippen LogP contribution in [-0.4, -0.2) is 11.1 Å². The third-order valence-corrected chi connectivity index (χ3v) is 1.45. The fraction of sp³-hybridized carbons (Fsp3) is 0.333. The molecule has 0 atom stereocenters. The van der Waals surface area contributed by atoms with Crippen LogP contribution in [-0.2, 0) is 32.3 Å². The second-order valence-electron chi connectivity index (χ2n) is 2.76. The zero-order valence-electron chi connectivity index (χ0n) is 11.7. The van der Waals surface area contributed by atoms with Crippen LogP contribution in [0.2, 0.25) is 0 Å². The molecule has 0 aliphatic heterocycles. The van der Waals surface area contributed by atoms with E-state index in [4.69, 9.17) is 5.11 Å². The third-order valence-electron chi connectivity index (χ3n) is 1.45. The molecule has 0 fully saturated rings. The number of carboxylic acids is 1. The molecule has 3 heteroatoms. The topological polar surface area (TPSA) is 37.3 Å². The molecule has 2 nitrogen and oxygen atoms in total. The first-order valence-electron chi connectivity index (χ1n) is 5.55. The predicted molar refractivity (Wildman–Crippen MR) is 75.5 cm³/mol. The SMILES string of the molecule is CC.O=C(O)Cc1ccccc1.[CH2-]CC[CH2-].[CH3-].[W]. The average Bonchev–Trinajstić information content (AvgIpc) is 2.32. The monoisotopic (exact) mass is 421 g/mol. The van der Waals surface area contributed by atoms with Gasteiger partial charge in [0.25, 0.3) is 0 Å². The maximum Gasteiger partial charge on any atom is 0.307 e. The molecule has 0 radical (unpaired) electrons. The van der Waals surface area contributed by atoms with Crippen LogP contribution >= 0.6 is 0 Å². The van der Waals surface area contributed by atoms with Crippen LogP contribution in [0.1, 0.15) is 32.3 Å². The zero-order valence-corrected chi connectivity index (χ0v) is 14.6. The van der Waals surface area contributed by atoms with Gasteiger partial charge in [0.1, 0.15) is 0 Å². The Labute approximate surface area is 127 Å². The molecule has 0 amide bonds. The van der Waals surface area contributed by atoms with Gasteiger partial charge in [-0.1, -0.05) is 44.2 Å². The smallest absolute Gasteiger partial charge is 0.307 e. The molecule has 0 saturated carbocycles. The molecule has 0 bridgehead atoms. The molecule has 1 aromatic rings. The summed E-state index contributed by atoms with van der Waals surface area (Å²) in [5, 5.41) is 8.37. The molecule has 0 aromatic heterocycles. The second-order valence-corrected chi connectivity index (χ2v) is 2.76. The van der Waals surface area contributed by atoms with Gasteiger partial charge >= 0.3 is 5.97 Å². The first-order chi connectivity index (χ1) is 7.70. The molecule has 0 aliphatic rings. The minimum absolute atomic E-state index is 0. The van der Waals surface area contributed by atoms with Gasteiger partial charge in [-0.2, -0.15) is 0 Å². The van der Waals surface area contributed by atoms with Crippen molar-refractivity contribution in [2.24, 2.45) is 0 Å². The molecule has 1 rings (SSSR count). The van der Waals surface area contributed by atoms with Crippen molar-refractivity contribution in [1.82, 2.24) is 0 Å². The molecule has 0 unspecified atom stereocenters. The molecule has 106 valence electrons. The van der Waals surface area contributed by atoms with Gasteiger partial charge in [0, 0.05) is 21.1 Å². The number of unbranched alkanes of at least 4 members (excludes halogenated alkanes) is 1. The van der Waals surface area contributed by atoms with Crippen LogP contribution < -0.4 is 0 Å². The summed E-state index contributed by atoms with van der Waals surface area (Å²) in [6.07, 6.45) is 2.03. The number of hydrogen-bond acceptors (Lipinski definition) is 1. The van der Waals surface area contributed by atoms with Gasteiger partial charge in [-0.05, 0) is 5.56 Å². The summed E-state index contributed by atoms with van der Waals surface area (Å²) in [5.41, 5.74) is 0.843. The van der Waals surface area contributed by atoms with Crippen LogP contribution in [0.5, 0.6) is 0 Å². The van der Waals surface area contributed by atoms with Gasteiger partial charge in [-0.15, -0.1) is 0 Å².